The van der Waals surface area contributed by atoms with Crippen LogP contribution in [0.3, 0.4) is 0 Å². The van der Waals surface area contributed by atoms with E-state index in [-0.39, 0.29) is 18.9 Å². The van der Waals surface area contributed by atoms with E-state index in [4.69, 9.17) is 0 Å². The van der Waals surface area contributed by atoms with E-state index in [9.17, 15) is 20.1 Å². The lowest BCUT2D eigenvalue weighted by Crippen LogP contribution is -2.45. The Balaban J connectivity index is 3.97. The fourth-order valence-corrected chi connectivity index (χ4v) is 3.85. The molecule has 4 N–H and O–H groups in total. The maximum Gasteiger partial charge on any atom is 0.222 e. The molecule has 208 valence electrons. The maximum absolute atomic E-state index is 12.2. The number of nitrogens with one attached hydrogen (secondary N) is 1. The fraction of sp³-hybridized carbons (Fsp3) is 0.710. The number of unbranched alkanes of at least 4 members (excludes halogenated alkanes) is 9. The van der Waals surface area contributed by atoms with Crippen molar-refractivity contribution in [2.75, 3.05) is 6.61 Å². The summed E-state index contributed by atoms with van der Waals surface area (Å²) < 4.78 is 0. The Morgan fingerprint density at radius 1 is 0.722 bits per heavy atom. The minimum Gasteiger partial charge on any atom is -0.394 e. The first-order chi connectivity index (χ1) is 17.5. The van der Waals surface area contributed by atoms with Crippen LogP contribution in [0, 0.1) is 0 Å². The molecular weight excluding hydrogens is 450 g/mol. The van der Waals surface area contributed by atoms with Crippen LogP contribution < -0.4 is 5.32 Å². The maximum atomic E-state index is 12.2. The van der Waals surface area contributed by atoms with Crippen LogP contribution in [-0.4, -0.2) is 46.1 Å². The van der Waals surface area contributed by atoms with Crippen molar-refractivity contribution in [1.29, 1.82) is 0 Å². The van der Waals surface area contributed by atoms with Crippen molar-refractivity contribution in [2.24, 2.45) is 0 Å². The lowest BCUT2D eigenvalue weighted by molar-refractivity contribution is -0.124. The van der Waals surface area contributed by atoms with Crippen molar-refractivity contribution >= 4 is 5.91 Å². The number of aliphatic hydroxyl groups is 3. The van der Waals surface area contributed by atoms with E-state index in [1.807, 2.05) is 6.08 Å². The average molecular weight is 506 g/mol. The van der Waals surface area contributed by atoms with Crippen molar-refractivity contribution in [2.45, 2.75) is 135 Å². The van der Waals surface area contributed by atoms with E-state index in [2.05, 4.69) is 55.6 Å². The molecule has 5 heteroatoms. The molecule has 5 nitrogen and oxygen atoms in total. The third kappa shape index (κ3) is 22.8. The molecule has 36 heavy (non-hydrogen) atoms. The van der Waals surface area contributed by atoms with Crippen molar-refractivity contribution < 1.29 is 20.1 Å². The van der Waals surface area contributed by atoms with Gasteiger partial charge in [-0.1, -0.05) is 94.6 Å². The standard InChI is InChI=1S/C31H55NO4/c1-3-5-7-9-11-13-15-16-18-20-22-24-28(34)26-31(36)32-29(27-33)30(35)25-23-21-19-17-14-12-10-8-6-4-2/h6,8,14,16-18,23,25,28-30,33-35H,3-5,7,9-13,15,19-22,24,26-27H2,1-2H3,(H,32,36)/b8-6+,17-14+,18-16-,25-23+. The second-order valence-corrected chi connectivity index (χ2v) is 9.60. The Labute approximate surface area is 221 Å². The minimum absolute atomic E-state index is 0.0212. The quantitative estimate of drug-likeness (QED) is 0.0869. The monoisotopic (exact) mass is 505 g/mol. The number of hydrogen-bond acceptors (Lipinski definition) is 4. The molecule has 0 radical (unpaired) electrons. The highest BCUT2D eigenvalue weighted by Crippen LogP contribution is 2.09. The second kappa shape index (κ2) is 26.4. The molecule has 0 fully saturated rings. The topological polar surface area (TPSA) is 89.8 Å². The van der Waals surface area contributed by atoms with Crippen LogP contribution in [0.25, 0.3) is 0 Å². The van der Waals surface area contributed by atoms with Gasteiger partial charge in [-0.2, -0.15) is 0 Å². The molecule has 3 unspecified atom stereocenters. The lowest BCUT2D eigenvalue weighted by atomic mass is 10.1. The SMILES string of the molecule is CC/C=C/CC/C=C/CC/C=C/C(O)C(CO)NC(=O)CC(O)CCC/C=C\CCCCCCCC. The van der Waals surface area contributed by atoms with Crippen LogP contribution in [0.4, 0.5) is 0 Å². The number of aliphatic hydroxyl groups excluding tert-OH is 3. The van der Waals surface area contributed by atoms with Gasteiger partial charge in [0.15, 0.2) is 0 Å². The molecule has 0 rings (SSSR count). The highest BCUT2D eigenvalue weighted by Gasteiger charge is 2.19. The molecule has 0 aliphatic carbocycles. The average Bonchev–Trinajstić information content (AvgIpc) is 2.86. The van der Waals surface area contributed by atoms with Crippen molar-refractivity contribution in [3.05, 3.63) is 48.6 Å². The van der Waals surface area contributed by atoms with Crippen molar-refractivity contribution in [3.8, 4) is 0 Å². The van der Waals surface area contributed by atoms with Gasteiger partial charge in [-0.25, -0.2) is 0 Å². The van der Waals surface area contributed by atoms with Gasteiger partial charge in [0.1, 0.15) is 0 Å². The van der Waals surface area contributed by atoms with Gasteiger partial charge < -0.3 is 20.6 Å². The molecule has 0 aromatic heterocycles. The van der Waals surface area contributed by atoms with Crippen molar-refractivity contribution in [1.82, 2.24) is 5.32 Å². The minimum atomic E-state index is -0.962. The smallest absolute Gasteiger partial charge is 0.222 e. The molecule has 0 spiro atoms. The summed E-state index contributed by atoms with van der Waals surface area (Å²) >= 11 is 0. The zero-order valence-electron chi connectivity index (χ0n) is 23.1. The Hall–Kier alpha value is -1.69. The van der Waals surface area contributed by atoms with Gasteiger partial charge in [0.25, 0.3) is 0 Å². The highest BCUT2D eigenvalue weighted by atomic mass is 16.3. The number of carbonyl (C=O) groups is 1. The Kier molecular flexibility index (Phi) is 25.1. The van der Waals surface area contributed by atoms with Crippen LogP contribution in [0.1, 0.15) is 117 Å². The first kappa shape index (κ1) is 34.3. The summed E-state index contributed by atoms with van der Waals surface area (Å²) in [5.74, 6) is -0.354. The van der Waals surface area contributed by atoms with Crippen LogP contribution in [-0.2, 0) is 4.79 Å². The van der Waals surface area contributed by atoms with Gasteiger partial charge in [0.05, 0.1) is 31.3 Å². The molecule has 0 saturated heterocycles. The van der Waals surface area contributed by atoms with Gasteiger partial charge in [-0.05, 0) is 64.2 Å². The molecule has 1 amide bonds. The summed E-state index contributed by atoms with van der Waals surface area (Å²) in [5, 5.41) is 32.6. The third-order valence-corrected chi connectivity index (χ3v) is 6.08. The van der Waals surface area contributed by atoms with E-state index < -0.39 is 18.2 Å². The summed E-state index contributed by atoms with van der Waals surface area (Å²) in [5.41, 5.74) is 0. The van der Waals surface area contributed by atoms with Crippen molar-refractivity contribution in [3.63, 3.8) is 0 Å². The summed E-state index contributed by atoms with van der Waals surface area (Å²) in [6, 6.07) is -0.772. The number of allylic oxidation sites excluding steroid dienone is 7. The highest BCUT2D eigenvalue weighted by molar-refractivity contribution is 5.76. The van der Waals surface area contributed by atoms with Gasteiger partial charge >= 0.3 is 0 Å². The van der Waals surface area contributed by atoms with E-state index >= 15 is 0 Å². The van der Waals surface area contributed by atoms with Gasteiger partial charge in [0.2, 0.25) is 5.91 Å². The molecule has 0 aliphatic rings. The number of rotatable bonds is 24. The summed E-state index contributed by atoms with van der Waals surface area (Å²) in [6.45, 7) is 4.00. The Morgan fingerprint density at radius 2 is 1.28 bits per heavy atom. The summed E-state index contributed by atoms with van der Waals surface area (Å²) in [7, 11) is 0. The lowest BCUT2D eigenvalue weighted by Gasteiger charge is -2.20. The second-order valence-electron chi connectivity index (χ2n) is 9.60. The number of amides is 1. The number of hydrogen-bond donors (Lipinski definition) is 4. The van der Waals surface area contributed by atoms with Crippen LogP contribution in [0.5, 0.6) is 0 Å². The first-order valence-corrected chi connectivity index (χ1v) is 14.4. The van der Waals surface area contributed by atoms with Crippen LogP contribution >= 0.6 is 0 Å². The van der Waals surface area contributed by atoms with Crippen LogP contribution in [0.2, 0.25) is 0 Å². The molecule has 3 atom stereocenters. The van der Waals surface area contributed by atoms with E-state index in [1.165, 1.54) is 38.5 Å². The number of carbonyl (C=O) groups excluding carboxylic acids is 1. The Morgan fingerprint density at radius 3 is 1.92 bits per heavy atom. The Bertz CT molecular complexity index is 612. The zero-order chi connectivity index (χ0) is 26.7. The molecule has 0 saturated carbocycles. The molecule has 0 aromatic carbocycles. The van der Waals surface area contributed by atoms with Crippen LogP contribution in [0.15, 0.2) is 48.6 Å². The van der Waals surface area contributed by atoms with E-state index in [0.717, 1.165) is 51.4 Å². The van der Waals surface area contributed by atoms with Gasteiger partial charge in [0, 0.05) is 0 Å². The molecular formula is C31H55NO4. The first-order valence-electron chi connectivity index (χ1n) is 14.4. The van der Waals surface area contributed by atoms with E-state index in [1.54, 1.807) is 6.08 Å². The molecule has 0 aliphatic heterocycles. The summed E-state index contributed by atoms with van der Waals surface area (Å²) in [6.07, 6.45) is 30.9. The normalized spacial score (nSPS) is 14.9. The van der Waals surface area contributed by atoms with Gasteiger partial charge in [-0.3, -0.25) is 4.79 Å². The fourth-order valence-electron chi connectivity index (χ4n) is 3.85. The van der Waals surface area contributed by atoms with Gasteiger partial charge in [-0.15, -0.1) is 0 Å². The molecule has 0 bridgehead atoms. The predicted octanol–water partition coefficient (Wildman–Crippen LogP) is 6.69. The molecule has 0 aromatic rings. The summed E-state index contributed by atoms with van der Waals surface area (Å²) in [4.78, 5) is 12.2. The molecule has 0 heterocycles. The van der Waals surface area contributed by atoms with E-state index in [0.29, 0.717) is 6.42 Å². The largest absolute Gasteiger partial charge is 0.394 e. The zero-order valence-corrected chi connectivity index (χ0v) is 23.1. The predicted molar refractivity (Wildman–Crippen MR) is 153 cm³/mol. The third-order valence-electron chi connectivity index (χ3n) is 6.08.